The SMILES string of the molecule is CC(C)NCc1ccc(C[C@@H]2NC(=O)[C@@H](N(C)C(=O)c3ccc4ccccc4c3)NC(=O)[C@H](Cc3ccccc3)NC(=O)[C@@H](NC(=O)[C@H](N)Cc3ccc(O)c([125I])c3)CSSC[C@@H](C(=O)N[C@H](C(N)=O)[C@@H](C)O)NC(=O)[C@H](Cc3ccccc3)NC2=O)cc1. The van der Waals surface area contributed by atoms with E-state index in [-0.39, 0.29) is 54.5 Å². The van der Waals surface area contributed by atoms with E-state index in [0.717, 1.165) is 37.4 Å². The second-order valence-electron chi connectivity index (χ2n) is 21.9. The minimum Gasteiger partial charge on any atom is -0.507 e. The molecule has 89 heavy (non-hydrogen) atoms. The third kappa shape index (κ3) is 20.2. The third-order valence-electron chi connectivity index (χ3n) is 14.6. The molecule has 0 radical (unpaired) electrons. The van der Waals surface area contributed by atoms with Crippen LogP contribution in [0.4, 0.5) is 0 Å². The van der Waals surface area contributed by atoms with Crippen LogP contribution in [0.5, 0.6) is 5.75 Å². The molecule has 14 N–H and O–H groups in total. The number of nitrogens with one attached hydrogen (secondary N) is 8. The molecule has 1 heterocycles. The van der Waals surface area contributed by atoms with Crippen LogP contribution in [-0.2, 0) is 70.6 Å². The van der Waals surface area contributed by atoms with E-state index >= 15 is 14.4 Å². The number of aromatic hydroxyl groups is 1. The number of nitrogens with zero attached hydrogens (tertiary/aromatic N) is 1. The average Bonchev–Trinajstić information content (AvgIpc) is 1.57. The number of likely N-dealkylation sites (N-methyl/N-ethyl adjacent to an activating group) is 1. The van der Waals surface area contributed by atoms with E-state index in [1.165, 1.54) is 20.0 Å². The summed E-state index contributed by atoms with van der Waals surface area (Å²) in [6, 6.07) is 31.3. The van der Waals surface area contributed by atoms with Gasteiger partial charge >= 0.3 is 0 Å². The molecule has 7 rings (SSSR count). The molecule has 9 atom stereocenters. The number of aliphatic hydroxyl groups excluding tert-OH is 1. The van der Waals surface area contributed by atoms with Gasteiger partial charge in [0.1, 0.15) is 42.0 Å². The topological polar surface area (TPSA) is 346 Å². The molecular formula is C64H74IN11O11S2. The zero-order valence-electron chi connectivity index (χ0n) is 49.4. The van der Waals surface area contributed by atoms with Gasteiger partial charge in [-0.25, -0.2) is 0 Å². The Morgan fingerprint density at radius 2 is 1.15 bits per heavy atom. The number of amides is 9. The van der Waals surface area contributed by atoms with Gasteiger partial charge < -0.3 is 69.1 Å². The molecule has 0 spiro atoms. The second-order valence-corrected chi connectivity index (χ2v) is 25.6. The summed E-state index contributed by atoms with van der Waals surface area (Å²) in [7, 11) is 3.25. The molecule has 25 heteroatoms. The van der Waals surface area contributed by atoms with E-state index in [4.69, 9.17) is 11.5 Å². The lowest BCUT2D eigenvalue weighted by Crippen LogP contribution is -2.64. The molecule has 470 valence electrons. The number of fused-ring (bicyclic) bond motifs is 1. The van der Waals surface area contributed by atoms with Crippen molar-refractivity contribution in [1.82, 2.24) is 47.4 Å². The molecule has 6 aromatic carbocycles. The van der Waals surface area contributed by atoms with Crippen LogP contribution in [0.1, 0.15) is 58.9 Å². The number of carbonyl (C=O) groups is 9. The largest absolute Gasteiger partial charge is 0.507 e. The predicted molar refractivity (Wildman–Crippen MR) is 350 cm³/mol. The van der Waals surface area contributed by atoms with Gasteiger partial charge in [-0.2, -0.15) is 0 Å². The Hall–Kier alpha value is -8.08. The number of benzene rings is 6. The summed E-state index contributed by atoms with van der Waals surface area (Å²) in [5.74, 6) is -8.70. The normalized spacial score (nSPS) is 20.1. The zero-order valence-corrected chi connectivity index (χ0v) is 53.2. The first-order valence-corrected chi connectivity index (χ1v) is 32.3. The molecule has 1 saturated heterocycles. The maximum absolute atomic E-state index is 15.4. The lowest BCUT2D eigenvalue weighted by atomic mass is 10.0. The number of phenols is 1. The number of phenolic OH excluding ortho intramolecular Hbond substituents is 1. The summed E-state index contributed by atoms with van der Waals surface area (Å²) < 4.78 is 0.508. The summed E-state index contributed by atoms with van der Waals surface area (Å²) in [6.07, 6.45) is -3.91. The maximum atomic E-state index is 15.4. The molecule has 1 aliphatic heterocycles. The third-order valence-corrected chi connectivity index (χ3v) is 17.9. The number of aliphatic hydroxyl groups is 1. The van der Waals surface area contributed by atoms with Gasteiger partial charge in [0.25, 0.3) is 11.8 Å². The van der Waals surface area contributed by atoms with Crippen molar-refractivity contribution in [1.29, 1.82) is 0 Å². The van der Waals surface area contributed by atoms with Gasteiger partial charge in [0.15, 0.2) is 6.17 Å². The molecular weight excluding hydrogens is 1290 g/mol. The van der Waals surface area contributed by atoms with E-state index in [1.807, 2.05) is 66.8 Å². The van der Waals surface area contributed by atoms with Crippen molar-refractivity contribution in [3.05, 3.63) is 183 Å². The number of nitrogens with two attached hydrogens (primary N) is 2. The summed E-state index contributed by atoms with van der Waals surface area (Å²) in [5, 5.41) is 44.4. The van der Waals surface area contributed by atoms with Crippen molar-refractivity contribution in [3.63, 3.8) is 0 Å². The minimum atomic E-state index is -1.90. The molecule has 0 aliphatic carbocycles. The summed E-state index contributed by atoms with van der Waals surface area (Å²) in [6.45, 7) is 5.78. The molecule has 22 nitrogen and oxygen atoms in total. The highest BCUT2D eigenvalue weighted by Crippen LogP contribution is 2.25. The fraction of sp³-hybridized carbons (Fsp3) is 0.328. The lowest BCUT2D eigenvalue weighted by Gasteiger charge is -2.32. The van der Waals surface area contributed by atoms with Crippen LogP contribution >= 0.6 is 44.2 Å². The molecule has 0 unspecified atom stereocenters. The van der Waals surface area contributed by atoms with Gasteiger partial charge in [-0.1, -0.05) is 157 Å². The molecule has 0 saturated carbocycles. The highest BCUT2D eigenvalue weighted by molar-refractivity contribution is 14.1. The average molecular weight is 1360 g/mol. The quantitative estimate of drug-likeness (QED) is 0.0410. The van der Waals surface area contributed by atoms with E-state index < -0.39 is 108 Å². The van der Waals surface area contributed by atoms with Crippen LogP contribution in [-0.4, -0.2) is 147 Å². The maximum Gasteiger partial charge on any atom is 0.264 e. The molecule has 1 aliphatic rings. The highest BCUT2D eigenvalue weighted by Gasteiger charge is 2.38. The Morgan fingerprint density at radius 3 is 1.73 bits per heavy atom. The monoisotopic (exact) mass is 1360 g/mol. The lowest BCUT2D eigenvalue weighted by molar-refractivity contribution is -0.137. The van der Waals surface area contributed by atoms with Gasteiger partial charge in [-0.3, -0.25) is 43.2 Å². The number of hydrogen-bond donors (Lipinski definition) is 12. The predicted octanol–water partition coefficient (Wildman–Crippen LogP) is 2.63. The Morgan fingerprint density at radius 1 is 0.629 bits per heavy atom. The summed E-state index contributed by atoms with van der Waals surface area (Å²) in [5.41, 5.74) is 15.4. The van der Waals surface area contributed by atoms with Crippen LogP contribution in [0.2, 0.25) is 0 Å². The summed E-state index contributed by atoms with van der Waals surface area (Å²) >= 11 is 1.94. The van der Waals surface area contributed by atoms with Gasteiger partial charge in [-0.15, -0.1) is 0 Å². The zero-order chi connectivity index (χ0) is 64.3. The molecule has 1 fully saturated rings. The van der Waals surface area contributed by atoms with Crippen LogP contribution in [0.15, 0.2) is 146 Å². The number of carbonyl (C=O) groups excluding carboxylic acids is 9. The molecule has 0 bridgehead atoms. The van der Waals surface area contributed by atoms with Gasteiger partial charge in [0, 0.05) is 56.0 Å². The fourth-order valence-corrected chi connectivity index (χ4v) is 12.5. The Bertz CT molecular complexity index is 3480. The highest BCUT2D eigenvalue weighted by atomic mass is 125. The standard InChI is InChI=1S/C64H74IN11O11S2/c1-36(2)68-33-41-21-19-40(20-22-41)31-49-58(81)69-48(29-38-13-7-5-8-14-38)59(82)73-52(62(85)74-54(37(3)77)55(67)79)35-89-88-34-51(72-57(80)47(66)28-42-23-26-53(78)46(65)27-42)61(84)70-50(30-39-15-9-6-10-16-39)60(83)75-56(63(86)71-49)76(4)64(87)45-25-24-43-17-11-12-18-44(43)32-45/h5-27,32,36-37,47-52,54,56,68,77-78H,28-31,33-35,66H2,1-4H3,(H2,67,79)(H,69,81)(H,70,84)(H,71,86)(H,72,80)(H,73,82)(H,74,85)(H,75,83)/t37-,47-,48+,49+,50+,51+,52+,54+,56-/m1/s1/i65-2. The first kappa shape index (κ1) is 68.4. The van der Waals surface area contributed by atoms with Gasteiger partial charge in [0.2, 0.25) is 41.4 Å². The first-order chi connectivity index (χ1) is 42.5. The molecule has 9 amide bonds. The number of halogens is 1. The fourth-order valence-electron chi connectivity index (χ4n) is 9.55. The second kappa shape index (κ2) is 32.9. The summed E-state index contributed by atoms with van der Waals surface area (Å²) in [4.78, 5) is 132. The van der Waals surface area contributed by atoms with Crippen molar-refractivity contribution in [2.75, 3.05) is 18.6 Å². The van der Waals surface area contributed by atoms with Crippen molar-refractivity contribution in [2.24, 2.45) is 11.5 Å². The van der Waals surface area contributed by atoms with Crippen LogP contribution in [0, 0.1) is 3.57 Å². The van der Waals surface area contributed by atoms with Gasteiger partial charge in [-0.05, 0) is 98.8 Å². The van der Waals surface area contributed by atoms with E-state index in [9.17, 15) is 39.0 Å². The van der Waals surface area contributed by atoms with Crippen molar-refractivity contribution in [3.8, 4) is 5.75 Å². The van der Waals surface area contributed by atoms with E-state index in [2.05, 4.69) is 42.5 Å². The Balaban J connectivity index is 1.33. The van der Waals surface area contributed by atoms with Crippen LogP contribution in [0.3, 0.4) is 0 Å². The molecule has 6 aromatic rings. The smallest absolute Gasteiger partial charge is 0.264 e. The number of primary amides is 1. The minimum absolute atomic E-state index is 0.0173. The van der Waals surface area contributed by atoms with Crippen molar-refractivity contribution in [2.45, 2.75) is 114 Å². The van der Waals surface area contributed by atoms with Crippen LogP contribution < -0.4 is 54.0 Å². The van der Waals surface area contributed by atoms with E-state index in [1.54, 1.807) is 109 Å². The van der Waals surface area contributed by atoms with Crippen molar-refractivity contribution < 1.29 is 53.4 Å². The molecule has 0 aromatic heterocycles. The first-order valence-electron chi connectivity index (χ1n) is 28.8. The van der Waals surface area contributed by atoms with E-state index in [0.29, 0.717) is 37.8 Å². The van der Waals surface area contributed by atoms with Crippen molar-refractivity contribution >= 4 is 108 Å². The number of rotatable bonds is 19. The number of hydrogen-bond acceptors (Lipinski definition) is 15. The Labute approximate surface area is 537 Å². The Kier molecular flexibility index (Phi) is 25.3. The van der Waals surface area contributed by atoms with Crippen LogP contribution in [0.25, 0.3) is 10.8 Å². The van der Waals surface area contributed by atoms with Gasteiger partial charge in [0.05, 0.1) is 15.7 Å².